The summed E-state index contributed by atoms with van der Waals surface area (Å²) in [6, 6.07) is 14.0. The van der Waals surface area contributed by atoms with E-state index in [-0.39, 0.29) is 11.6 Å². The van der Waals surface area contributed by atoms with Crippen LogP contribution in [0.5, 0.6) is 0 Å². The number of carbonyl (C=O) groups excluding carboxylic acids is 1. The first-order valence-electron chi connectivity index (χ1n) is 6.05. The first-order valence-corrected chi connectivity index (χ1v) is 6.05. The fraction of sp³-hybridized carbons (Fsp3) is 0.0625. The van der Waals surface area contributed by atoms with Crippen molar-refractivity contribution in [3.05, 3.63) is 59.9 Å². The van der Waals surface area contributed by atoms with Gasteiger partial charge in [-0.3, -0.25) is 4.79 Å². The van der Waals surface area contributed by atoms with E-state index in [0.29, 0.717) is 16.8 Å². The van der Waals surface area contributed by atoms with E-state index in [1.54, 1.807) is 18.2 Å². The second kappa shape index (κ2) is 4.35. The maximum Gasteiger partial charge on any atom is 0.162 e. The molecule has 19 heavy (non-hydrogen) atoms. The van der Waals surface area contributed by atoms with E-state index >= 15 is 0 Å². The molecule has 0 atom stereocenters. The Morgan fingerprint density at radius 3 is 2.47 bits per heavy atom. The molecule has 1 N–H and O–H groups in total. The number of fused-ring (bicyclic) bond motifs is 1. The van der Waals surface area contributed by atoms with Crippen molar-refractivity contribution in [2.24, 2.45) is 0 Å². The lowest BCUT2D eigenvalue weighted by Crippen LogP contribution is -1.95. The van der Waals surface area contributed by atoms with Gasteiger partial charge in [0.25, 0.3) is 0 Å². The van der Waals surface area contributed by atoms with Crippen molar-refractivity contribution in [3.8, 4) is 11.3 Å². The van der Waals surface area contributed by atoms with Crippen LogP contribution in [0.4, 0.5) is 4.39 Å². The number of aromatic amines is 1. The molecule has 0 spiro atoms. The number of carbonyl (C=O) groups is 1. The lowest BCUT2D eigenvalue weighted by Gasteiger charge is -2.03. The van der Waals surface area contributed by atoms with Gasteiger partial charge in [-0.1, -0.05) is 30.3 Å². The number of hydrogen-bond acceptors (Lipinski definition) is 1. The molecular formula is C16H12FNO. The predicted molar refractivity (Wildman–Crippen MR) is 73.7 cm³/mol. The molecule has 2 aromatic carbocycles. The maximum atomic E-state index is 13.9. The third kappa shape index (κ3) is 1.83. The Kier molecular flexibility index (Phi) is 2.67. The van der Waals surface area contributed by atoms with Gasteiger partial charge in [0.1, 0.15) is 5.82 Å². The molecule has 94 valence electrons. The molecule has 3 rings (SSSR count). The predicted octanol–water partition coefficient (Wildman–Crippen LogP) is 4.18. The molecule has 0 bridgehead atoms. The molecule has 0 aliphatic carbocycles. The Labute approximate surface area is 109 Å². The largest absolute Gasteiger partial charge is 0.354 e. The number of benzene rings is 2. The summed E-state index contributed by atoms with van der Waals surface area (Å²) in [5.41, 5.74) is 2.35. The summed E-state index contributed by atoms with van der Waals surface area (Å²) in [7, 11) is 0. The van der Waals surface area contributed by atoms with Crippen LogP contribution in [0.2, 0.25) is 0 Å². The Balaban J connectivity index is 2.38. The Morgan fingerprint density at radius 1 is 1.05 bits per heavy atom. The van der Waals surface area contributed by atoms with Gasteiger partial charge in [0.2, 0.25) is 0 Å². The number of para-hydroxylation sites is 1. The van der Waals surface area contributed by atoms with E-state index in [0.717, 1.165) is 10.9 Å². The lowest BCUT2D eigenvalue weighted by atomic mass is 10.0. The topological polar surface area (TPSA) is 32.9 Å². The highest BCUT2D eigenvalue weighted by Gasteiger charge is 2.18. The standard InChI is InChI=1S/C16H12FNO/c1-10(19)15-12-7-3-5-9-14(12)18-16(15)11-6-2-4-8-13(11)17/h2-9,18H,1H3. The van der Waals surface area contributed by atoms with Gasteiger partial charge in [-0.05, 0) is 25.1 Å². The number of rotatable bonds is 2. The summed E-state index contributed by atoms with van der Waals surface area (Å²) in [6.45, 7) is 1.50. The summed E-state index contributed by atoms with van der Waals surface area (Å²) in [5.74, 6) is -0.410. The highest BCUT2D eigenvalue weighted by atomic mass is 19.1. The smallest absolute Gasteiger partial charge is 0.162 e. The van der Waals surface area contributed by atoms with Crippen molar-refractivity contribution in [1.29, 1.82) is 0 Å². The van der Waals surface area contributed by atoms with Gasteiger partial charge in [0, 0.05) is 16.5 Å². The van der Waals surface area contributed by atoms with E-state index in [1.807, 2.05) is 24.3 Å². The van der Waals surface area contributed by atoms with Crippen molar-refractivity contribution in [2.75, 3.05) is 0 Å². The quantitative estimate of drug-likeness (QED) is 0.683. The molecule has 3 aromatic rings. The van der Waals surface area contributed by atoms with Gasteiger partial charge in [-0.25, -0.2) is 4.39 Å². The molecule has 0 radical (unpaired) electrons. The molecule has 3 heteroatoms. The molecule has 0 saturated heterocycles. The minimum absolute atomic E-state index is 0.0734. The monoisotopic (exact) mass is 253 g/mol. The van der Waals surface area contributed by atoms with Crippen LogP contribution in [0.1, 0.15) is 17.3 Å². The number of H-pyrrole nitrogens is 1. The normalized spacial score (nSPS) is 10.8. The van der Waals surface area contributed by atoms with Gasteiger partial charge in [-0.2, -0.15) is 0 Å². The average Bonchev–Trinajstić information content (AvgIpc) is 2.78. The lowest BCUT2D eigenvalue weighted by molar-refractivity contribution is 0.102. The molecule has 2 nitrogen and oxygen atoms in total. The first-order chi connectivity index (χ1) is 9.18. The fourth-order valence-electron chi connectivity index (χ4n) is 2.37. The minimum Gasteiger partial charge on any atom is -0.354 e. The number of nitrogens with one attached hydrogen (secondary N) is 1. The fourth-order valence-corrected chi connectivity index (χ4v) is 2.37. The van der Waals surface area contributed by atoms with Crippen LogP contribution in [-0.4, -0.2) is 10.8 Å². The Bertz CT molecular complexity index is 773. The molecular weight excluding hydrogens is 241 g/mol. The van der Waals surface area contributed by atoms with Crippen LogP contribution in [0, 0.1) is 5.82 Å². The average molecular weight is 253 g/mol. The van der Waals surface area contributed by atoms with Gasteiger partial charge in [0.15, 0.2) is 5.78 Å². The van der Waals surface area contributed by atoms with Gasteiger partial charge >= 0.3 is 0 Å². The number of aromatic nitrogens is 1. The zero-order valence-electron chi connectivity index (χ0n) is 10.4. The zero-order valence-corrected chi connectivity index (χ0v) is 10.4. The van der Waals surface area contributed by atoms with E-state index in [4.69, 9.17) is 0 Å². The third-order valence-corrected chi connectivity index (χ3v) is 3.20. The van der Waals surface area contributed by atoms with Crippen molar-refractivity contribution < 1.29 is 9.18 Å². The summed E-state index contributed by atoms with van der Waals surface area (Å²) in [6.07, 6.45) is 0. The molecule has 0 fully saturated rings. The highest BCUT2D eigenvalue weighted by molar-refractivity contribution is 6.12. The van der Waals surface area contributed by atoms with Gasteiger partial charge in [-0.15, -0.1) is 0 Å². The summed E-state index contributed by atoms with van der Waals surface area (Å²) in [4.78, 5) is 15.0. The SMILES string of the molecule is CC(=O)c1c(-c2ccccc2F)[nH]c2ccccc12. The molecule has 1 heterocycles. The minimum atomic E-state index is -0.337. The zero-order chi connectivity index (χ0) is 13.4. The van der Waals surface area contributed by atoms with Crippen LogP contribution < -0.4 is 0 Å². The number of ketones is 1. The summed E-state index contributed by atoms with van der Waals surface area (Å²) < 4.78 is 13.9. The van der Waals surface area contributed by atoms with E-state index in [9.17, 15) is 9.18 Å². The highest BCUT2D eigenvalue weighted by Crippen LogP contribution is 2.31. The van der Waals surface area contributed by atoms with Crippen LogP contribution in [0.3, 0.4) is 0 Å². The van der Waals surface area contributed by atoms with Crippen LogP contribution in [0.25, 0.3) is 22.2 Å². The summed E-state index contributed by atoms with van der Waals surface area (Å²) in [5, 5.41) is 0.827. The number of Topliss-reactive ketones (excluding diaryl/α,β-unsaturated/α-hetero) is 1. The van der Waals surface area contributed by atoms with Gasteiger partial charge < -0.3 is 4.98 Å². The number of hydrogen-bond donors (Lipinski definition) is 1. The number of halogens is 1. The first kappa shape index (κ1) is 11.7. The maximum absolute atomic E-state index is 13.9. The molecule has 0 aliphatic heterocycles. The van der Waals surface area contributed by atoms with Crippen molar-refractivity contribution in [3.63, 3.8) is 0 Å². The van der Waals surface area contributed by atoms with E-state index in [2.05, 4.69) is 4.98 Å². The summed E-state index contributed by atoms with van der Waals surface area (Å²) >= 11 is 0. The van der Waals surface area contributed by atoms with E-state index in [1.165, 1.54) is 13.0 Å². The third-order valence-electron chi connectivity index (χ3n) is 3.20. The molecule has 1 aromatic heterocycles. The van der Waals surface area contributed by atoms with Crippen molar-refractivity contribution >= 4 is 16.7 Å². The van der Waals surface area contributed by atoms with Crippen molar-refractivity contribution in [2.45, 2.75) is 6.92 Å². The molecule has 0 unspecified atom stereocenters. The van der Waals surface area contributed by atoms with E-state index < -0.39 is 0 Å². The molecule has 0 saturated carbocycles. The molecule has 0 aliphatic rings. The Hall–Kier alpha value is -2.42. The Morgan fingerprint density at radius 2 is 1.74 bits per heavy atom. The van der Waals surface area contributed by atoms with Crippen LogP contribution in [-0.2, 0) is 0 Å². The molecule has 0 amide bonds. The second-order valence-corrected chi connectivity index (χ2v) is 4.46. The van der Waals surface area contributed by atoms with Crippen LogP contribution >= 0.6 is 0 Å². The second-order valence-electron chi connectivity index (χ2n) is 4.46. The van der Waals surface area contributed by atoms with Gasteiger partial charge in [0.05, 0.1) is 11.3 Å². The van der Waals surface area contributed by atoms with Crippen LogP contribution in [0.15, 0.2) is 48.5 Å². The van der Waals surface area contributed by atoms with Crippen molar-refractivity contribution in [1.82, 2.24) is 4.98 Å².